The molecule has 170 valence electrons. The van der Waals surface area contributed by atoms with Crippen LogP contribution in [0, 0.1) is 11.6 Å². The summed E-state index contributed by atoms with van der Waals surface area (Å²) in [6, 6.07) is 16.0. The molecule has 0 fully saturated rings. The van der Waals surface area contributed by atoms with Crippen LogP contribution in [0.4, 0.5) is 19.3 Å². The van der Waals surface area contributed by atoms with Gasteiger partial charge in [0.05, 0.1) is 5.71 Å². The van der Waals surface area contributed by atoms with Crippen molar-refractivity contribution in [3.63, 3.8) is 0 Å². The van der Waals surface area contributed by atoms with E-state index in [2.05, 4.69) is 10.5 Å². The summed E-state index contributed by atoms with van der Waals surface area (Å²) in [6.07, 6.45) is 0.676. The zero-order valence-corrected chi connectivity index (χ0v) is 18.3. The van der Waals surface area contributed by atoms with Gasteiger partial charge < -0.3 is 10.2 Å². The lowest BCUT2D eigenvalue weighted by Gasteiger charge is -2.09. The highest BCUT2D eigenvalue weighted by Gasteiger charge is 2.19. The van der Waals surface area contributed by atoms with Crippen molar-refractivity contribution in [3.05, 3.63) is 100 Å². The molecule has 0 saturated carbocycles. The average Bonchev–Trinajstić information content (AvgIpc) is 2.78. The maximum atomic E-state index is 13.7. The fourth-order valence-corrected chi connectivity index (χ4v) is 3.00. The van der Waals surface area contributed by atoms with Gasteiger partial charge in [-0.05, 0) is 53.9 Å². The molecule has 0 aliphatic carbocycles. The normalized spacial score (nSPS) is 11.1. The second-order valence-electron chi connectivity index (χ2n) is 6.87. The molecule has 3 aromatic carbocycles. The molecule has 0 aliphatic rings. The summed E-state index contributed by atoms with van der Waals surface area (Å²) in [4.78, 5) is 29.4. The average molecular weight is 472 g/mol. The number of hydrogen-bond donors (Lipinski definition) is 2. The molecule has 2 N–H and O–H groups in total. The first kappa shape index (κ1) is 23.9. The number of benzene rings is 3. The quantitative estimate of drug-likeness (QED) is 0.332. The molecule has 3 amide bonds. The first-order chi connectivity index (χ1) is 15.9. The van der Waals surface area contributed by atoms with E-state index >= 15 is 0 Å². The summed E-state index contributed by atoms with van der Waals surface area (Å²) >= 11 is 5.91. The van der Waals surface area contributed by atoms with Crippen molar-refractivity contribution in [3.8, 4) is 0 Å². The van der Waals surface area contributed by atoms with Crippen molar-refractivity contribution in [2.75, 3.05) is 5.32 Å². The van der Waals surface area contributed by atoms with Crippen LogP contribution in [0.1, 0.15) is 34.8 Å². The zero-order chi connectivity index (χ0) is 23.8. The van der Waals surface area contributed by atoms with Gasteiger partial charge in [-0.3, -0.25) is 10.1 Å². The maximum absolute atomic E-state index is 13.7. The lowest BCUT2D eigenvalue weighted by molar-refractivity contribution is 0.0959. The molecule has 0 saturated heterocycles. The number of amides is 3. The Labute approximate surface area is 194 Å². The number of hydrogen-bond acceptors (Lipinski definition) is 4. The Morgan fingerprint density at radius 1 is 0.970 bits per heavy atom. The van der Waals surface area contributed by atoms with Crippen molar-refractivity contribution >= 4 is 34.9 Å². The molecule has 0 unspecified atom stereocenters. The van der Waals surface area contributed by atoms with Gasteiger partial charge in [0.25, 0.3) is 5.91 Å². The molecular weight excluding hydrogens is 452 g/mol. The SMILES string of the molecule is CCC(=NOCc1ccc(NC(=O)NC(=O)c2c(F)cccc2F)cc1)c1ccc(Cl)cc1. The van der Waals surface area contributed by atoms with Gasteiger partial charge in [-0.1, -0.05) is 54.0 Å². The summed E-state index contributed by atoms with van der Waals surface area (Å²) in [5.41, 5.74) is 2.03. The first-order valence-electron chi connectivity index (χ1n) is 9.97. The number of oxime groups is 1. The van der Waals surface area contributed by atoms with Crippen molar-refractivity contribution in [2.45, 2.75) is 20.0 Å². The topological polar surface area (TPSA) is 79.8 Å². The van der Waals surface area contributed by atoms with Crippen LogP contribution in [-0.4, -0.2) is 17.6 Å². The lowest BCUT2D eigenvalue weighted by atomic mass is 10.1. The number of nitrogens with zero attached hydrogens (tertiary/aromatic N) is 1. The summed E-state index contributed by atoms with van der Waals surface area (Å²) in [6.45, 7) is 2.17. The molecule has 0 atom stereocenters. The number of carbonyl (C=O) groups excluding carboxylic acids is 2. The van der Waals surface area contributed by atoms with Crippen LogP contribution in [0.2, 0.25) is 5.02 Å². The highest BCUT2D eigenvalue weighted by molar-refractivity contribution is 6.30. The van der Waals surface area contributed by atoms with Gasteiger partial charge in [0.2, 0.25) is 0 Å². The third-order valence-corrected chi connectivity index (χ3v) is 4.80. The van der Waals surface area contributed by atoms with E-state index in [1.165, 1.54) is 0 Å². The Kier molecular flexibility index (Phi) is 8.10. The third kappa shape index (κ3) is 6.60. The Bertz CT molecular complexity index is 1150. The minimum atomic E-state index is -1.18. The van der Waals surface area contributed by atoms with E-state index in [9.17, 15) is 18.4 Å². The summed E-state index contributed by atoms with van der Waals surface area (Å²) in [5.74, 6) is -3.30. The smallest absolute Gasteiger partial charge is 0.326 e. The minimum absolute atomic E-state index is 0.203. The molecule has 6 nitrogen and oxygen atoms in total. The molecule has 33 heavy (non-hydrogen) atoms. The van der Waals surface area contributed by atoms with Crippen LogP contribution in [0.15, 0.2) is 71.9 Å². The number of halogens is 3. The molecule has 0 radical (unpaired) electrons. The van der Waals surface area contributed by atoms with E-state index in [0.717, 1.165) is 35.0 Å². The second-order valence-corrected chi connectivity index (χ2v) is 7.31. The zero-order valence-electron chi connectivity index (χ0n) is 17.6. The van der Waals surface area contributed by atoms with Crippen LogP contribution in [-0.2, 0) is 11.4 Å². The number of nitrogens with one attached hydrogen (secondary N) is 2. The number of rotatable bonds is 7. The van der Waals surface area contributed by atoms with E-state index < -0.39 is 29.1 Å². The Hall–Kier alpha value is -3.78. The predicted molar refractivity (Wildman–Crippen MR) is 122 cm³/mol. The van der Waals surface area contributed by atoms with Gasteiger partial charge >= 0.3 is 6.03 Å². The highest BCUT2D eigenvalue weighted by atomic mass is 35.5. The standard InChI is InChI=1S/C24H20ClF2N3O3/c1-2-21(16-8-10-17(25)11-9-16)30-33-14-15-6-12-18(13-7-15)28-24(32)29-23(31)22-19(26)4-3-5-20(22)27/h3-13H,2,14H2,1H3,(H2,28,29,31,32). The van der Waals surface area contributed by atoms with Crippen LogP contribution >= 0.6 is 11.6 Å². The van der Waals surface area contributed by atoms with Gasteiger partial charge in [-0.2, -0.15) is 0 Å². The molecule has 3 rings (SSSR count). The van der Waals surface area contributed by atoms with Gasteiger partial charge in [0.1, 0.15) is 23.8 Å². The fourth-order valence-electron chi connectivity index (χ4n) is 2.88. The maximum Gasteiger partial charge on any atom is 0.326 e. The van der Waals surface area contributed by atoms with Gasteiger partial charge in [0, 0.05) is 10.7 Å². The summed E-state index contributed by atoms with van der Waals surface area (Å²) < 4.78 is 27.3. The van der Waals surface area contributed by atoms with E-state index in [1.54, 1.807) is 36.4 Å². The monoisotopic (exact) mass is 471 g/mol. The third-order valence-electron chi connectivity index (χ3n) is 4.55. The van der Waals surface area contributed by atoms with Crippen molar-refractivity contribution < 1.29 is 23.2 Å². The van der Waals surface area contributed by atoms with Crippen LogP contribution in [0.25, 0.3) is 0 Å². The van der Waals surface area contributed by atoms with Gasteiger partial charge in [-0.15, -0.1) is 0 Å². The van der Waals surface area contributed by atoms with E-state index in [0.29, 0.717) is 17.1 Å². The molecule has 0 heterocycles. The van der Waals surface area contributed by atoms with Crippen molar-refractivity contribution in [1.29, 1.82) is 0 Å². The highest BCUT2D eigenvalue weighted by Crippen LogP contribution is 2.15. The fraction of sp³-hybridized carbons (Fsp3) is 0.125. The lowest BCUT2D eigenvalue weighted by Crippen LogP contribution is -2.35. The molecule has 0 aromatic heterocycles. The van der Waals surface area contributed by atoms with Gasteiger partial charge in [-0.25, -0.2) is 13.6 Å². The first-order valence-corrected chi connectivity index (χ1v) is 10.3. The van der Waals surface area contributed by atoms with Crippen molar-refractivity contribution in [2.24, 2.45) is 5.16 Å². The van der Waals surface area contributed by atoms with E-state index in [4.69, 9.17) is 16.4 Å². The van der Waals surface area contributed by atoms with Crippen molar-refractivity contribution in [1.82, 2.24) is 5.32 Å². The van der Waals surface area contributed by atoms with Gasteiger partial charge in [0.15, 0.2) is 0 Å². The predicted octanol–water partition coefficient (Wildman–Crippen LogP) is 5.91. The summed E-state index contributed by atoms with van der Waals surface area (Å²) in [7, 11) is 0. The molecular formula is C24H20ClF2N3O3. The number of imide groups is 1. The molecule has 3 aromatic rings. The van der Waals surface area contributed by atoms with Crippen LogP contribution in [0.5, 0.6) is 0 Å². The molecule has 0 aliphatic heterocycles. The van der Waals surface area contributed by atoms with E-state index in [-0.39, 0.29) is 6.61 Å². The largest absolute Gasteiger partial charge is 0.391 e. The summed E-state index contributed by atoms with van der Waals surface area (Å²) in [5, 5.41) is 9.14. The second kappa shape index (κ2) is 11.2. The molecule has 9 heteroatoms. The number of carbonyl (C=O) groups is 2. The Balaban J connectivity index is 1.54. The van der Waals surface area contributed by atoms with E-state index in [1.807, 2.05) is 24.4 Å². The number of anilines is 1. The van der Waals surface area contributed by atoms with Crippen LogP contribution < -0.4 is 10.6 Å². The molecule has 0 spiro atoms. The molecule has 0 bridgehead atoms. The Morgan fingerprint density at radius 3 is 2.21 bits per heavy atom. The minimum Gasteiger partial charge on any atom is -0.391 e. The number of urea groups is 1. The van der Waals surface area contributed by atoms with Crippen LogP contribution in [0.3, 0.4) is 0 Å². The Morgan fingerprint density at radius 2 is 1.61 bits per heavy atom.